The van der Waals surface area contributed by atoms with Gasteiger partial charge in [-0.15, -0.1) is 0 Å². The Morgan fingerprint density at radius 2 is 1.96 bits per heavy atom. The quantitative estimate of drug-likeness (QED) is 0.671. The van der Waals surface area contributed by atoms with Crippen molar-refractivity contribution in [2.24, 2.45) is 0 Å². The van der Waals surface area contributed by atoms with Crippen molar-refractivity contribution >= 4 is 34.7 Å². The summed E-state index contributed by atoms with van der Waals surface area (Å²) in [5.74, 6) is 0.113. The van der Waals surface area contributed by atoms with E-state index in [-0.39, 0.29) is 5.02 Å². The summed E-state index contributed by atoms with van der Waals surface area (Å²) in [6.07, 6.45) is 1.58. The van der Waals surface area contributed by atoms with Gasteiger partial charge < -0.3 is 15.4 Å². The second-order valence-electron chi connectivity index (χ2n) is 5.34. The number of nitrogens with one attached hydrogen (secondary N) is 2. The van der Waals surface area contributed by atoms with Crippen LogP contribution in [-0.4, -0.2) is 18.0 Å². The highest BCUT2D eigenvalue weighted by atomic mass is 35.5. The SMILES string of the molecule is COc1cccc(Nc2ncccc2C(=O)Nc2ccc(F)c(Cl)c2)c1. The summed E-state index contributed by atoms with van der Waals surface area (Å²) in [5, 5.41) is 5.71. The number of rotatable bonds is 5. The van der Waals surface area contributed by atoms with Gasteiger partial charge in [-0.25, -0.2) is 9.37 Å². The third kappa shape index (κ3) is 4.10. The van der Waals surface area contributed by atoms with Crippen LogP contribution < -0.4 is 15.4 Å². The van der Waals surface area contributed by atoms with E-state index in [1.807, 2.05) is 18.2 Å². The van der Waals surface area contributed by atoms with Crippen LogP contribution in [0.2, 0.25) is 5.02 Å². The largest absolute Gasteiger partial charge is 0.497 e. The number of nitrogens with zero attached hydrogens (tertiary/aromatic N) is 1. The molecule has 0 saturated carbocycles. The molecule has 0 fully saturated rings. The van der Waals surface area contributed by atoms with Gasteiger partial charge in [0.1, 0.15) is 17.4 Å². The lowest BCUT2D eigenvalue weighted by molar-refractivity contribution is 0.102. The van der Waals surface area contributed by atoms with Gasteiger partial charge in [0.25, 0.3) is 5.91 Å². The Morgan fingerprint density at radius 3 is 2.73 bits per heavy atom. The predicted molar refractivity (Wildman–Crippen MR) is 99.9 cm³/mol. The van der Waals surface area contributed by atoms with E-state index >= 15 is 0 Å². The molecule has 0 radical (unpaired) electrons. The molecular weight excluding hydrogens is 357 g/mol. The molecule has 7 heteroatoms. The molecule has 1 heterocycles. The van der Waals surface area contributed by atoms with E-state index in [1.54, 1.807) is 31.5 Å². The van der Waals surface area contributed by atoms with Crippen molar-refractivity contribution in [3.8, 4) is 5.75 Å². The molecule has 1 aromatic heterocycles. The molecular formula is C19H15ClFN3O2. The molecule has 26 heavy (non-hydrogen) atoms. The Kier molecular flexibility index (Phi) is 5.34. The van der Waals surface area contributed by atoms with Crippen molar-refractivity contribution in [3.63, 3.8) is 0 Å². The van der Waals surface area contributed by atoms with E-state index in [1.165, 1.54) is 18.2 Å². The fourth-order valence-electron chi connectivity index (χ4n) is 2.30. The Morgan fingerprint density at radius 1 is 1.12 bits per heavy atom. The molecule has 5 nitrogen and oxygen atoms in total. The molecule has 0 saturated heterocycles. The highest BCUT2D eigenvalue weighted by molar-refractivity contribution is 6.31. The monoisotopic (exact) mass is 371 g/mol. The smallest absolute Gasteiger partial charge is 0.259 e. The topological polar surface area (TPSA) is 63.2 Å². The number of pyridine rings is 1. The first-order valence-electron chi connectivity index (χ1n) is 7.69. The fraction of sp³-hybridized carbons (Fsp3) is 0.0526. The van der Waals surface area contributed by atoms with Crippen molar-refractivity contribution in [3.05, 3.63) is 77.2 Å². The first-order chi connectivity index (χ1) is 12.6. The molecule has 0 aliphatic heterocycles. The highest BCUT2D eigenvalue weighted by Gasteiger charge is 2.14. The second-order valence-corrected chi connectivity index (χ2v) is 5.75. The van der Waals surface area contributed by atoms with Crippen LogP contribution in [0.3, 0.4) is 0 Å². The number of halogens is 2. The Bertz CT molecular complexity index is 950. The Labute approximate surface area is 154 Å². The van der Waals surface area contributed by atoms with Crippen molar-refractivity contribution < 1.29 is 13.9 Å². The molecule has 3 rings (SSSR count). The standard InChI is InChI=1S/C19H15ClFN3O2/c1-26-14-5-2-4-12(10-14)23-18-15(6-3-9-22-18)19(25)24-13-7-8-17(21)16(20)11-13/h2-11H,1H3,(H,22,23)(H,24,25). The van der Waals surface area contributed by atoms with E-state index in [2.05, 4.69) is 15.6 Å². The Balaban J connectivity index is 1.83. The van der Waals surface area contributed by atoms with E-state index in [0.717, 1.165) is 5.69 Å². The summed E-state index contributed by atoms with van der Waals surface area (Å²) in [6.45, 7) is 0. The van der Waals surface area contributed by atoms with Crippen molar-refractivity contribution in [1.29, 1.82) is 0 Å². The Hall–Kier alpha value is -3.12. The van der Waals surface area contributed by atoms with Crippen molar-refractivity contribution in [2.75, 3.05) is 17.7 Å². The zero-order valence-corrected chi connectivity index (χ0v) is 14.5. The number of hydrogen-bond donors (Lipinski definition) is 2. The van der Waals surface area contributed by atoms with Crippen LogP contribution in [0.25, 0.3) is 0 Å². The minimum atomic E-state index is -0.550. The summed E-state index contributed by atoms with van der Waals surface area (Å²) in [5.41, 5.74) is 1.44. The molecule has 0 spiro atoms. The molecule has 1 amide bonds. The number of carbonyl (C=O) groups is 1. The number of methoxy groups -OCH3 is 1. The average molecular weight is 372 g/mol. The molecule has 2 N–H and O–H groups in total. The van der Waals surface area contributed by atoms with Gasteiger partial charge in [-0.3, -0.25) is 4.79 Å². The van der Waals surface area contributed by atoms with Gasteiger partial charge in [0.05, 0.1) is 17.7 Å². The molecule has 0 atom stereocenters. The predicted octanol–water partition coefficient (Wildman–Crippen LogP) is 4.88. The first-order valence-corrected chi connectivity index (χ1v) is 8.07. The number of ether oxygens (including phenoxy) is 1. The van der Waals surface area contributed by atoms with Crippen LogP contribution in [0.15, 0.2) is 60.8 Å². The van der Waals surface area contributed by atoms with Crippen LogP contribution in [0.1, 0.15) is 10.4 Å². The maximum absolute atomic E-state index is 13.3. The zero-order chi connectivity index (χ0) is 18.5. The third-order valence-electron chi connectivity index (χ3n) is 3.56. The van der Waals surface area contributed by atoms with Gasteiger partial charge in [-0.1, -0.05) is 17.7 Å². The van der Waals surface area contributed by atoms with Crippen molar-refractivity contribution in [2.45, 2.75) is 0 Å². The number of hydrogen-bond acceptors (Lipinski definition) is 4. The summed E-state index contributed by atoms with van der Waals surface area (Å²) in [6, 6.07) is 14.5. The van der Waals surface area contributed by atoms with Gasteiger partial charge in [0, 0.05) is 23.6 Å². The number of anilines is 3. The maximum Gasteiger partial charge on any atom is 0.259 e. The highest BCUT2D eigenvalue weighted by Crippen LogP contribution is 2.24. The van der Waals surface area contributed by atoms with Crippen LogP contribution in [0, 0.1) is 5.82 Å². The van der Waals surface area contributed by atoms with Gasteiger partial charge in [-0.2, -0.15) is 0 Å². The number of benzene rings is 2. The molecule has 2 aromatic carbocycles. The van der Waals surface area contributed by atoms with Gasteiger partial charge >= 0.3 is 0 Å². The van der Waals surface area contributed by atoms with Gasteiger partial charge in [0.2, 0.25) is 0 Å². The van der Waals surface area contributed by atoms with Crippen LogP contribution >= 0.6 is 11.6 Å². The normalized spacial score (nSPS) is 10.3. The lowest BCUT2D eigenvalue weighted by atomic mass is 10.2. The van der Waals surface area contributed by atoms with E-state index in [4.69, 9.17) is 16.3 Å². The van der Waals surface area contributed by atoms with E-state index in [0.29, 0.717) is 22.8 Å². The number of amides is 1. The fourth-order valence-corrected chi connectivity index (χ4v) is 2.48. The third-order valence-corrected chi connectivity index (χ3v) is 3.85. The number of aromatic nitrogens is 1. The summed E-state index contributed by atoms with van der Waals surface area (Å²) < 4.78 is 18.4. The summed E-state index contributed by atoms with van der Waals surface area (Å²) in [4.78, 5) is 16.8. The zero-order valence-electron chi connectivity index (χ0n) is 13.8. The molecule has 3 aromatic rings. The van der Waals surface area contributed by atoms with E-state index < -0.39 is 11.7 Å². The van der Waals surface area contributed by atoms with Gasteiger partial charge in [-0.05, 0) is 42.5 Å². The lowest BCUT2D eigenvalue weighted by Crippen LogP contribution is -2.14. The van der Waals surface area contributed by atoms with Crippen LogP contribution in [-0.2, 0) is 0 Å². The first kappa shape index (κ1) is 17.7. The number of carbonyl (C=O) groups excluding carboxylic acids is 1. The summed E-state index contributed by atoms with van der Waals surface area (Å²) in [7, 11) is 1.58. The summed E-state index contributed by atoms with van der Waals surface area (Å²) >= 11 is 5.75. The minimum absolute atomic E-state index is 0.0660. The van der Waals surface area contributed by atoms with Crippen LogP contribution in [0.5, 0.6) is 5.75 Å². The van der Waals surface area contributed by atoms with Crippen LogP contribution in [0.4, 0.5) is 21.6 Å². The average Bonchev–Trinajstić information content (AvgIpc) is 2.65. The lowest BCUT2D eigenvalue weighted by Gasteiger charge is -2.12. The van der Waals surface area contributed by atoms with E-state index in [9.17, 15) is 9.18 Å². The second kappa shape index (κ2) is 7.84. The molecule has 0 aliphatic rings. The molecule has 0 bridgehead atoms. The minimum Gasteiger partial charge on any atom is -0.497 e. The van der Waals surface area contributed by atoms with Gasteiger partial charge in [0.15, 0.2) is 0 Å². The van der Waals surface area contributed by atoms with Crippen molar-refractivity contribution in [1.82, 2.24) is 4.98 Å². The molecule has 132 valence electrons. The molecule has 0 unspecified atom stereocenters. The molecule has 0 aliphatic carbocycles. The maximum atomic E-state index is 13.3.